The van der Waals surface area contributed by atoms with Gasteiger partial charge in [-0.1, -0.05) is 0 Å². The molecular formula is C19H30N4O3. The van der Waals surface area contributed by atoms with E-state index in [1.165, 1.54) is 12.8 Å². The van der Waals surface area contributed by atoms with Crippen LogP contribution in [0.2, 0.25) is 0 Å². The molecule has 0 radical (unpaired) electrons. The Labute approximate surface area is 154 Å². The summed E-state index contributed by atoms with van der Waals surface area (Å²) in [5.41, 5.74) is 2.03. The maximum absolute atomic E-state index is 12.3. The number of amides is 1. The number of carbonyl (C=O) groups excluding carboxylic acids is 1. The molecule has 2 fully saturated rings. The van der Waals surface area contributed by atoms with Crippen LogP contribution in [0.3, 0.4) is 0 Å². The van der Waals surface area contributed by atoms with Gasteiger partial charge < -0.3 is 10.4 Å². The third kappa shape index (κ3) is 4.84. The average Bonchev–Trinajstić information content (AvgIpc) is 3.24. The summed E-state index contributed by atoms with van der Waals surface area (Å²) >= 11 is 0. The fourth-order valence-electron chi connectivity index (χ4n) is 3.89. The lowest BCUT2D eigenvalue weighted by atomic mass is 9.85. The molecule has 0 bridgehead atoms. The predicted molar refractivity (Wildman–Crippen MR) is 97.9 cm³/mol. The second-order valence-corrected chi connectivity index (χ2v) is 8.08. The molecular weight excluding hydrogens is 332 g/mol. The maximum Gasteiger partial charge on any atom is 0.317 e. The van der Waals surface area contributed by atoms with Crippen molar-refractivity contribution < 1.29 is 14.7 Å². The van der Waals surface area contributed by atoms with Crippen molar-refractivity contribution in [2.75, 3.05) is 13.1 Å². The fraction of sp³-hybridized carbons (Fsp3) is 0.737. The predicted octanol–water partition coefficient (Wildman–Crippen LogP) is 1.89. The van der Waals surface area contributed by atoms with Crippen molar-refractivity contribution in [1.82, 2.24) is 20.0 Å². The van der Waals surface area contributed by atoms with Gasteiger partial charge in [0.25, 0.3) is 0 Å². The molecule has 7 heteroatoms. The van der Waals surface area contributed by atoms with Crippen LogP contribution >= 0.6 is 0 Å². The van der Waals surface area contributed by atoms with E-state index < -0.39 is 5.97 Å². The zero-order valence-electron chi connectivity index (χ0n) is 15.9. The van der Waals surface area contributed by atoms with Gasteiger partial charge in [-0.2, -0.15) is 5.10 Å². The summed E-state index contributed by atoms with van der Waals surface area (Å²) in [4.78, 5) is 25.5. The van der Waals surface area contributed by atoms with Crippen LogP contribution in [0.4, 0.5) is 0 Å². The van der Waals surface area contributed by atoms with Gasteiger partial charge in [0.05, 0.1) is 18.3 Å². The highest BCUT2D eigenvalue weighted by molar-refractivity contribution is 5.76. The monoisotopic (exact) mass is 362 g/mol. The number of rotatable bonds is 9. The van der Waals surface area contributed by atoms with E-state index in [9.17, 15) is 9.59 Å². The Hall–Kier alpha value is -1.89. The molecule has 1 atom stereocenters. The molecule has 0 aliphatic heterocycles. The Kier molecular flexibility index (Phi) is 5.65. The van der Waals surface area contributed by atoms with E-state index in [1.807, 2.05) is 31.5 Å². The zero-order valence-corrected chi connectivity index (χ0v) is 15.9. The lowest BCUT2D eigenvalue weighted by Crippen LogP contribution is -2.55. The normalized spacial score (nSPS) is 23.5. The van der Waals surface area contributed by atoms with Gasteiger partial charge in [-0.15, -0.1) is 0 Å². The molecule has 1 aromatic rings. The fourth-order valence-corrected chi connectivity index (χ4v) is 3.89. The maximum atomic E-state index is 12.3. The highest BCUT2D eigenvalue weighted by Crippen LogP contribution is 2.33. The number of aryl methyl sites for hydroxylation is 2. The molecule has 0 aromatic carbocycles. The van der Waals surface area contributed by atoms with Crippen LogP contribution in [0, 0.1) is 19.8 Å². The summed E-state index contributed by atoms with van der Waals surface area (Å²) in [6, 6.07) is 2.49. The van der Waals surface area contributed by atoms with E-state index in [0.717, 1.165) is 30.8 Å². The highest BCUT2D eigenvalue weighted by Gasteiger charge is 2.37. The van der Waals surface area contributed by atoms with E-state index in [-0.39, 0.29) is 30.6 Å². The Morgan fingerprint density at radius 2 is 2.08 bits per heavy atom. The molecule has 3 rings (SSSR count). The molecule has 7 nitrogen and oxygen atoms in total. The highest BCUT2D eigenvalue weighted by atomic mass is 16.4. The number of hydrogen-bond donors (Lipinski definition) is 2. The van der Waals surface area contributed by atoms with Crippen molar-refractivity contribution in [2.24, 2.45) is 5.92 Å². The number of carbonyl (C=O) groups is 2. The van der Waals surface area contributed by atoms with Gasteiger partial charge in [-0.05, 0) is 58.4 Å². The van der Waals surface area contributed by atoms with Crippen LogP contribution in [0.1, 0.15) is 56.5 Å². The third-order valence-electron chi connectivity index (χ3n) is 5.47. The molecule has 1 unspecified atom stereocenters. The standard InChI is InChI=1S/C19H30N4O3/c1-12-6-13(2)23(21-12)14(3)7-18(24)20-16-8-17(9-16)22(11-19(25)26)10-15-4-5-15/h6,14-17H,4-5,7-11H2,1-3H3,(H,20,24)(H,25,26). The third-order valence-corrected chi connectivity index (χ3v) is 5.47. The topological polar surface area (TPSA) is 87.5 Å². The van der Waals surface area contributed by atoms with Crippen LogP contribution in [-0.4, -0.2) is 56.8 Å². The van der Waals surface area contributed by atoms with Gasteiger partial charge in [0.1, 0.15) is 0 Å². The van der Waals surface area contributed by atoms with Gasteiger partial charge in [0.15, 0.2) is 0 Å². The van der Waals surface area contributed by atoms with Gasteiger partial charge >= 0.3 is 5.97 Å². The molecule has 2 aliphatic rings. The second-order valence-electron chi connectivity index (χ2n) is 8.08. The van der Waals surface area contributed by atoms with Crippen molar-refractivity contribution in [3.8, 4) is 0 Å². The molecule has 2 saturated carbocycles. The molecule has 144 valence electrons. The summed E-state index contributed by atoms with van der Waals surface area (Å²) < 4.78 is 1.91. The van der Waals surface area contributed by atoms with E-state index in [2.05, 4.69) is 15.3 Å². The summed E-state index contributed by atoms with van der Waals surface area (Å²) in [6.45, 7) is 6.95. The van der Waals surface area contributed by atoms with E-state index in [0.29, 0.717) is 12.3 Å². The van der Waals surface area contributed by atoms with Crippen molar-refractivity contribution in [3.63, 3.8) is 0 Å². The molecule has 2 aliphatic carbocycles. The molecule has 26 heavy (non-hydrogen) atoms. The van der Waals surface area contributed by atoms with Gasteiger partial charge in [0.2, 0.25) is 5.91 Å². The number of aliphatic carboxylic acids is 1. The number of aromatic nitrogens is 2. The van der Waals surface area contributed by atoms with Crippen molar-refractivity contribution in [3.05, 3.63) is 17.5 Å². The van der Waals surface area contributed by atoms with Gasteiger partial charge in [-0.25, -0.2) is 0 Å². The van der Waals surface area contributed by atoms with E-state index in [1.54, 1.807) is 0 Å². The minimum Gasteiger partial charge on any atom is -0.480 e. The number of carboxylic acid groups (broad SMARTS) is 1. The summed E-state index contributed by atoms with van der Waals surface area (Å²) in [7, 11) is 0. The number of nitrogens with one attached hydrogen (secondary N) is 1. The first-order valence-corrected chi connectivity index (χ1v) is 9.59. The molecule has 1 amide bonds. The second kappa shape index (κ2) is 7.78. The largest absolute Gasteiger partial charge is 0.480 e. The van der Waals surface area contributed by atoms with Crippen LogP contribution in [0.5, 0.6) is 0 Å². The first-order valence-electron chi connectivity index (χ1n) is 9.59. The Bertz CT molecular complexity index is 662. The minimum atomic E-state index is -0.767. The minimum absolute atomic E-state index is 0.0259. The SMILES string of the molecule is Cc1cc(C)n(C(C)CC(=O)NC2CC(N(CC(=O)O)CC3CC3)C2)n1. The Balaban J connectivity index is 1.43. The molecule has 2 N–H and O–H groups in total. The number of nitrogens with zero attached hydrogens (tertiary/aromatic N) is 3. The summed E-state index contributed by atoms with van der Waals surface area (Å²) in [5, 5.41) is 16.7. The quantitative estimate of drug-likeness (QED) is 0.700. The van der Waals surface area contributed by atoms with Crippen LogP contribution < -0.4 is 5.32 Å². The van der Waals surface area contributed by atoms with Crippen molar-refractivity contribution >= 4 is 11.9 Å². The van der Waals surface area contributed by atoms with Gasteiger partial charge in [0, 0.05) is 30.7 Å². The lowest BCUT2D eigenvalue weighted by molar-refractivity contribution is -0.140. The molecule has 1 aromatic heterocycles. The number of hydrogen-bond acceptors (Lipinski definition) is 4. The van der Waals surface area contributed by atoms with Crippen molar-refractivity contribution in [2.45, 2.75) is 71.0 Å². The molecule has 1 heterocycles. The lowest BCUT2D eigenvalue weighted by Gasteiger charge is -2.42. The molecule has 0 saturated heterocycles. The van der Waals surface area contributed by atoms with E-state index >= 15 is 0 Å². The van der Waals surface area contributed by atoms with Crippen LogP contribution in [0.25, 0.3) is 0 Å². The number of carboxylic acids is 1. The van der Waals surface area contributed by atoms with Crippen LogP contribution in [-0.2, 0) is 9.59 Å². The van der Waals surface area contributed by atoms with Crippen LogP contribution in [0.15, 0.2) is 6.07 Å². The first kappa shape index (κ1) is 18.9. The summed E-state index contributed by atoms with van der Waals surface area (Å²) in [5.74, 6) is -0.0538. The van der Waals surface area contributed by atoms with Crippen molar-refractivity contribution in [1.29, 1.82) is 0 Å². The summed E-state index contributed by atoms with van der Waals surface area (Å²) in [6.07, 6.45) is 4.53. The average molecular weight is 362 g/mol. The first-order chi connectivity index (χ1) is 12.3. The van der Waals surface area contributed by atoms with E-state index in [4.69, 9.17) is 5.11 Å². The molecule has 0 spiro atoms. The zero-order chi connectivity index (χ0) is 18.8. The Morgan fingerprint density at radius 3 is 2.62 bits per heavy atom. The smallest absolute Gasteiger partial charge is 0.317 e. The van der Waals surface area contributed by atoms with Gasteiger partial charge in [-0.3, -0.25) is 19.2 Å². The Morgan fingerprint density at radius 1 is 1.38 bits per heavy atom.